The zero-order valence-electron chi connectivity index (χ0n) is 16.5. The Balaban J connectivity index is 1.75. The molecule has 1 spiro atoms. The number of nitrogens with two attached hydrogens (primary N) is 1. The van der Waals surface area contributed by atoms with Crippen LogP contribution in [0.1, 0.15) is 50.6 Å². The summed E-state index contributed by atoms with van der Waals surface area (Å²) < 4.78 is 0. The largest absolute Gasteiger partial charge is 0.384 e. The van der Waals surface area contributed by atoms with Gasteiger partial charge in [0.15, 0.2) is 0 Å². The van der Waals surface area contributed by atoms with E-state index in [-0.39, 0.29) is 17.7 Å². The van der Waals surface area contributed by atoms with Crippen LogP contribution in [0.5, 0.6) is 0 Å². The summed E-state index contributed by atoms with van der Waals surface area (Å²) in [6, 6.07) is 14.2. The van der Waals surface area contributed by atoms with Crippen molar-refractivity contribution in [3.8, 4) is 12.1 Å². The molecule has 2 aliphatic rings. The number of hydrogen-bond donors (Lipinski definition) is 3. The van der Waals surface area contributed by atoms with E-state index in [9.17, 15) is 15.3 Å². The van der Waals surface area contributed by atoms with Crippen LogP contribution in [-0.4, -0.2) is 11.7 Å². The molecule has 1 aliphatic carbocycles. The molecule has 0 aromatic heterocycles. The third-order valence-corrected chi connectivity index (χ3v) is 6.66. The Morgan fingerprint density at radius 3 is 2.48 bits per heavy atom. The summed E-state index contributed by atoms with van der Waals surface area (Å²) in [6.45, 7) is 1.94. The van der Waals surface area contributed by atoms with Crippen molar-refractivity contribution in [1.29, 1.82) is 10.5 Å². The third-order valence-electron chi connectivity index (χ3n) is 5.66. The second kappa shape index (κ2) is 9.07. The monoisotopic (exact) mass is 407 g/mol. The number of hydrogen-bond acceptors (Lipinski definition) is 6. The zero-order valence-corrected chi connectivity index (χ0v) is 17.3. The van der Waals surface area contributed by atoms with Crippen molar-refractivity contribution >= 4 is 17.7 Å². The van der Waals surface area contributed by atoms with E-state index in [0.717, 1.165) is 37.7 Å². The minimum absolute atomic E-state index is 0.104. The average molecular weight is 408 g/mol. The van der Waals surface area contributed by atoms with Crippen molar-refractivity contribution in [2.24, 2.45) is 11.1 Å². The molecule has 6 nitrogen and oxygen atoms in total. The molecular weight excluding hydrogens is 382 g/mol. The second-order valence-corrected chi connectivity index (χ2v) is 8.46. The van der Waals surface area contributed by atoms with Gasteiger partial charge in [0.1, 0.15) is 5.82 Å². The van der Waals surface area contributed by atoms with Gasteiger partial charge in [-0.15, -0.1) is 0 Å². The average Bonchev–Trinajstić information content (AvgIpc) is 2.73. The number of allylic oxidation sites excluding steroid dienone is 2. The predicted octanol–water partition coefficient (Wildman–Crippen LogP) is 3.58. The molecule has 1 saturated carbocycles. The Hall–Kier alpha value is -2.90. The number of nitriles is 2. The van der Waals surface area contributed by atoms with Crippen molar-refractivity contribution in [3.63, 3.8) is 0 Å². The molecule has 4 N–H and O–H groups in total. The number of nitrogens with zero attached hydrogens (tertiary/aromatic N) is 2. The molecule has 1 aromatic carbocycles. The van der Waals surface area contributed by atoms with Gasteiger partial charge in [-0.2, -0.15) is 10.5 Å². The zero-order chi connectivity index (χ0) is 20.9. The SMILES string of the molecule is CC(NC(=O)CSC1=C(C#N)C2(CCCCC2)C(C#N)=C(N)N1)c1ccccc1. The lowest BCUT2D eigenvalue weighted by molar-refractivity contribution is -0.119. The standard InChI is InChI=1S/C22H25N5OS/c1-15(16-8-4-2-5-9-16)26-19(28)14-29-21-18(13-24)22(10-6-3-7-11-22)17(12-23)20(25)27-21/h2,4-5,8-9,15,27H,3,6-7,10-11,14,25H2,1H3,(H,26,28). The summed E-state index contributed by atoms with van der Waals surface area (Å²) in [5.41, 5.74) is 7.57. The van der Waals surface area contributed by atoms with Crippen molar-refractivity contribution in [2.75, 3.05) is 5.75 Å². The molecular formula is C22H25N5OS. The first-order valence-corrected chi connectivity index (χ1v) is 10.8. The molecule has 0 saturated heterocycles. The van der Waals surface area contributed by atoms with Crippen molar-refractivity contribution in [3.05, 3.63) is 57.9 Å². The fourth-order valence-electron chi connectivity index (χ4n) is 4.18. The van der Waals surface area contributed by atoms with Gasteiger partial charge < -0.3 is 16.4 Å². The normalized spacial score (nSPS) is 19.1. The summed E-state index contributed by atoms with van der Waals surface area (Å²) in [5, 5.41) is 26.2. The molecule has 1 atom stereocenters. The molecule has 0 radical (unpaired) electrons. The first kappa shape index (κ1) is 20.8. The van der Waals surface area contributed by atoms with Gasteiger partial charge in [-0.05, 0) is 25.3 Å². The van der Waals surface area contributed by atoms with Gasteiger partial charge in [0, 0.05) is 5.41 Å². The Morgan fingerprint density at radius 2 is 1.86 bits per heavy atom. The van der Waals surface area contributed by atoms with E-state index < -0.39 is 5.41 Å². The molecule has 3 rings (SSSR count). The maximum Gasteiger partial charge on any atom is 0.230 e. The van der Waals surface area contributed by atoms with Crippen LogP contribution < -0.4 is 16.4 Å². The van der Waals surface area contributed by atoms with Crippen LogP contribution in [0.3, 0.4) is 0 Å². The molecule has 1 fully saturated rings. The number of carbonyl (C=O) groups excluding carboxylic acids is 1. The molecule has 7 heteroatoms. The second-order valence-electron chi connectivity index (χ2n) is 7.47. The van der Waals surface area contributed by atoms with Crippen LogP contribution in [0.25, 0.3) is 0 Å². The highest BCUT2D eigenvalue weighted by Gasteiger charge is 2.45. The Morgan fingerprint density at radius 1 is 1.21 bits per heavy atom. The van der Waals surface area contributed by atoms with Gasteiger partial charge in [0.25, 0.3) is 0 Å². The first-order chi connectivity index (χ1) is 14.0. The van der Waals surface area contributed by atoms with Crippen LogP contribution in [0.4, 0.5) is 0 Å². The molecule has 29 heavy (non-hydrogen) atoms. The number of amides is 1. The van der Waals surface area contributed by atoms with Crippen LogP contribution in [0.15, 0.2) is 52.3 Å². The van der Waals surface area contributed by atoms with E-state index in [1.165, 1.54) is 11.8 Å². The van der Waals surface area contributed by atoms with Gasteiger partial charge in [-0.25, -0.2) is 0 Å². The first-order valence-electron chi connectivity index (χ1n) is 9.81. The topological polar surface area (TPSA) is 115 Å². The van der Waals surface area contributed by atoms with E-state index in [1.807, 2.05) is 37.3 Å². The molecule has 1 unspecified atom stereocenters. The lowest BCUT2D eigenvalue weighted by Crippen LogP contribution is -2.39. The number of benzene rings is 1. The Bertz CT molecular complexity index is 917. The quantitative estimate of drug-likeness (QED) is 0.687. The summed E-state index contributed by atoms with van der Waals surface area (Å²) in [4.78, 5) is 12.5. The van der Waals surface area contributed by atoms with E-state index in [4.69, 9.17) is 5.73 Å². The lowest BCUT2D eigenvalue weighted by Gasteiger charge is -2.40. The lowest BCUT2D eigenvalue weighted by atomic mass is 9.64. The van der Waals surface area contributed by atoms with E-state index in [0.29, 0.717) is 22.0 Å². The number of rotatable bonds is 5. The Kier molecular flexibility index (Phi) is 6.51. The fraction of sp³-hybridized carbons (Fsp3) is 0.409. The van der Waals surface area contributed by atoms with Gasteiger partial charge in [-0.3, -0.25) is 4.79 Å². The number of nitrogens with one attached hydrogen (secondary N) is 2. The maximum absolute atomic E-state index is 12.5. The minimum atomic E-state index is -0.618. The van der Waals surface area contributed by atoms with Gasteiger partial charge >= 0.3 is 0 Å². The number of thioether (sulfide) groups is 1. The molecule has 0 bridgehead atoms. The minimum Gasteiger partial charge on any atom is -0.384 e. The summed E-state index contributed by atoms with van der Waals surface area (Å²) in [7, 11) is 0. The van der Waals surface area contributed by atoms with Gasteiger partial charge in [0.2, 0.25) is 5.91 Å². The van der Waals surface area contributed by atoms with Crippen molar-refractivity contribution < 1.29 is 4.79 Å². The highest BCUT2D eigenvalue weighted by molar-refractivity contribution is 8.03. The van der Waals surface area contributed by atoms with E-state index in [1.54, 1.807) is 0 Å². The number of carbonyl (C=O) groups is 1. The van der Waals surface area contributed by atoms with E-state index >= 15 is 0 Å². The van der Waals surface area contributed by atoms with E-state index in [2.05, 4.69) is 22.8 Å². The molecule has 1 heterocycles. The Labute approximate surface area is 175 Å². The summed E-state index contributed by atoms with van der Waals surface area (Å²) >= 11 is 1.27. The predicted molar refractivity (Wildman–Crippen MR) is 114 cm³/mol. The van der Waals surface area contributed by atoms with Gasteiger partial charge in [-0.1, -0.05) is 61.4 Å². The smallest absolute Gasteiger partial charge is 0.230 e. The molecule has 1 aliphatic heterocycles. The summed E-state index contributed by atoms with van der Waals surface area (Å²) in [5.74, 6) is 0.342. The maximum atomic E-state index is 12.5. The highest BCUT2D eigenvalue weighted by atomic mass is 32.2. The number of dihydropyridines is 1. The van der Waals surface area contributed by atoms with Crippen LogP contribution in [-0.2, 0) is 4.79 Å². The van der Waals surface area contributed by atoms with Crippen LogP contribution >= 0.6 is 11.8 Å². The molecule has 1 aromatic rings. The van der Waals surface area contributed by atoms with Crippen LogP contribution in [0, 0.1) is 28.1 Å². The van der Waals surface area contributed by atoms with Crippen molar-refractivity contribution in [2.45, 2.75) is 45.1 Å². The molecule has 1 amide bonds. The molecule has 150 valence electrons. The highest BCUT2D eigenvalue weighted by Crippen LogP contribution is 2.51. The fourth-order valence-corrected chi connectivity index (χ4v) is 5.11. The van der Waals surface area contributed by atoms with Crippen LogP contribution in [0.2, 0.25) is 0 Å². The summed E-state index contributed by atoms with van der Waals surface area (Å²) in [6.07, 6.45) is 4.48. The third kappa shape index (κ3) is 4.26. The van der Waals surface area contributed by atoms with Crippen molar-refractivity contribution in [1.82, 2.24) is 10.6 Å². The van der Waals surface area contributed by atoms with Gasteiger partial charge in [0.05, 0.1) is 40.1 Å².